The van der Waals surface area contributed by atoms with Crippen LogP contribution in [-0.2, 0) is 9.59 Å². The van der Waals surface area contributed by atoms with Crippen molar-refractivity contribution in [1.82, 2.24) is 15.5 Å². The molecule has 1 heterocycles. The summed E-state index contributed by atoms with van der Waals surface area (Å²) in [5, 5.41) is 15.1. The summed E-state index contributed by atoms with van der Waals surface area (Å²) in [6, 6.07) is 0. The van der Waals surface area contributed by atoms with Gasteiger partial charge in [0.05, 0.1) is 5.54 Å². The van der Waals surface area contributed by atoms with Gasteiger partial charge in [-0.3, -0.25) is 9.69 Å². The van der Waals surface area contributed by atoms with Gasteiger partial charge in [0, 0.05) is 26.2 Å². The fourth-order valence-electron chi connectivity index (χ4n) is 2.06. The number of amides is 1. The number of nitrogens with zero attached hydrogens (tertiary/aromatic N) is 1. The number of carbonyl (C=O) groups is 2. The summed E-state index contributed by atoms with van der Waals surface area (Å²) in [4.78, 5) is 25.7. The lowest BCUT2D eigenvalue weighted by atomic mass is 9.94. The largest absolute Gasteiger partial charge is 0.480 e. The molecule has 0 saturated carbocycles. The molecule has 6 nitrogen and oxygen atoms in total. The Kier molecular flexibility index (Phi) is 4.92. The van der Waals surface area contributed by atoms with Crippen molar-refractivity contribution in [1.29, 1.82) is 0 Å². The standard InChI is InChI=1S/C13H25N3O3/c1-5-13(4,11(18)19)15-10(17)12(2,3)16-8-6-14-7-9-16/h14H,5-9H2,1-4H3,(H,15,17)(H,18,19). The fourth-order valence-corrected chi connectivity index (χ4v) is 2.06. The number of hydrogen-bond acceptors (Lipinski definition) is 4. The molecule has 1 atom stereocenters. The first kappa shape index (κ1) is 15.9. The van der Waals surface area contributed by atoms with Gasteiger partial charge in [-0.15, -0.1) is 0 Å². The summed E-state index contributed by atoms with van der Waals surface area (Å²) in [5.74, 6) is -1.24. The third-order valence-electron chi connectivity index (χ3n) is 4.03. The summed E-state index contributed by atoms with van der Waals surface area (Å²) in [6.45, 7) is 10.2. The summed E-state index contributed by atoms with van der Waals surface area (Å²) >= 11 is 0. The molecular formula is C13H25N3O3. The van der Waals surface area contributed by atoms with Gasteiger partial charge in [0.2, 0.25) is 5.91 Å². The van der Waals surface area contributed by atoms with Gasteiger partial charge in [-0.1, -0.05) is 6.92 Å². The molecule has 0 radical (unpaired) electrons. The Morgan fingerprint density at radius 1 is 1.26 bits per heavy atom. The molecule has 6 heteroatoms. The van der Waals surface area contributed by atoms with Gasteiger partial charge in [0.1, 0.15) is 5.54 Å². The van der Waals surface area contributed by atoms with Crippen LogP contribution in [0.25, 0.3) is 0 Å². The van der Waals surface area contributed by atoms with Gasteiger partial charge in [-0.05, 0) is 27.2 Å². The minimum atomic E-state index is -1.21. The summed E-state index contributed by atoms with van der Waals surface area (Å²) in [6.07, 6.45) is 0.353. The zero-order valence-corrected chi connectivity index (χ0v) is 12.2. The van der Waals surface area contributed by atoms with Gasteiger partial charge in [0.15, 0.2) is 0 Å². The molecule has 0 aromatic rings. The van der Waals surface area contributed by atoms with E-state index in [1.54, 1.807) is 13.8 Å². The third kappa shape index (κ3) is 3.45. The molecule has 1 aliphatic heterocycles. The normalized spacial score (nSPS) is 20.6. The molecule has 0 bridgehead atoms. The molecule has 1 rings (SSSR count). The lowest BCUT2D eigenvalue weighted by Crippen LogP contribution is -2.64. The van der Waals surface area contributed by atoms with E-state index in [2.05, 4.69) is 15.5 Å². The van der Waals surface area contributed by atoms with Gasteiger partial charge in [-0.2, -0.15) is 0 Å². The molecule has 110 valence electrons. The SMILES string of the molecule is CCC(C)(NC(=O)C(C)(C)N1CCNCC1)C(=O)O. The lowest BCUT2D eigenvalue weighted by molar-refractivity contribution is -0.149. The van der Waals surface area contributed by atoms with Crippen LogP contribution in [0.5, 0.6) is 0 Å². The van der Waals surface area contributed by atoms with Crippen LogP contribution < -0.4 is 10.6 Å². The minimum absolute atomic E-state index is 0.235. The molecule has 0 aromatic heterocycles. The Balaban J connectivity index is 2.77. The molecule has 1 saturated heterocycles. The van der Waals surface area contributed by atoms with Gasteiger partial charge >= 0.3 is 5.97 Å². The van der Waals surface area contributed by atoms with E-state index in [1.165, 1.54) is 0 Å². The van der Waals surface area contributed by atoms with Crippen LogP contribution in [0.1, 0.15) is 34.1 Å². The van der Waals surface area contributed by atoms with Crippen LogP contribution in [0.2, 0.25) is 0 Å². The Morgan fingerprint density at radius 2 is 1.79 bits per heavy atom. The fraction of sp³-hybridized carbons (Fsp3) is 0.846. The maximum Gasteiger partial charge on any atom is 0.329 e. The van der Waals surface area contributed by atoms with Crippen LogP contribution in [0.4, 0.5) is 0 Å². The highest BCUT2D eigenvalue weighted by atomic mass is 16.4. The maximum atomic E-state index is 12.4. The zero-order valence-electron chi connectivity index (χ0n) is 12.2. The average molecular weight is 271 g/mol. The predicted octanol–water partition coefficient (Wildman–Crippen LogP) is 0.0397. The number of hydrogen-bond donors (Lipinski definition) is 3. The van der Waals surface area contributed by atoms with Crippen molar-refractivity contribution in [2.45, 2.75) is 45.2 Å². The van der Waals surface area contributed by atoms with E-state index < -0.39 is 17.0 Å². The Morgan fingerprint density at radius 3 is 2.21 bits per heavy atom. The number of nitrogens with one attached hydrogen (secondary N) is 2. The molecular weight excluding hydrogens is 246 g/mol. The first-order chi connectivity index (χ1) is 8.74. The molecule has 0 spiro atoms. The van der Waals surface area contributed by atoms with E-state index in [4.69, 9.17) is 0 Å². The molecule has 1 aliphatic rings. The van der Waals surface area contributed by atoms with Crippen LogP contribution >= 0.6 is 0 Å². The monoisotopic (exact) mass is 271 g/mol. The summed E-state index contributed by atoms with van der Waals surface area (Å²) in [5.41, 5.74) is -1.91. The van der Waals surface area contributed by atoms with Crippen LogP contribution in [0.3, 0.4) is 0 Å². The smallest absolute Gasteiger partial charge is 0.329 e. The van der Waals surface area contributed by atoms with E-state index in [0.717, 1.165) is 26.2 Å². The van der Waals surface area contributed by atoms with Gasteiger partial charge in [0.25, 0.3) is 0 Å². The maximum absolute atomic E-state index is 12.4. The van der Waals surface area contributed by atoms with Crippen molar-refractivity contribution in [3.8, 4) is 0 Å². The molecule has 19 heavy (non-hydrogen) atoms. The molecule has 3 N–H and O–H groups in total. The Labute approximate surface area is 114 Å². The van der Waals surface area contributed by atoms with Crippen molar-refractivity contribution in [2.75, 3.05) is 26.2 Å². The topological polar surface area (TPSA) is 81.7 Å². The summed E-state index contributed by atoms with van der Waals surface area (Å²) in [7, 11) is 0. The van der Waals surface area contributed by atoms with Crippen molar-refractivity contribution < 1.29 is 14.7 Å². The van der Waals surface area contributed by atoms with E-state index in [1.807, 2.05) is 13.8 Å². The number of piperazine rings is 1. The van der Waals surface area contributed by atoms with Crippen LogP contribution in [0, 0.1) is 0 Å². The van der Waals surface area contributed by atoms with Crippen molar-refractivity contribution >= 4 is 11.9 Å². The van der Waals surface area contributed by atoms with Gasteiger partial charge < -0.3 is 15.7 Å². The Hall–Kier alpha value is -1.14. The number of carbonyl (C=O) groups excluding carboxylic acids is 1. The minimum Gasteiger partial charge on any atom is -0.480 e. The molecule has 0 aromatic carbocycles. The van der Waals surface area contributed by atoms with Crippen LogP contribution in [0.15, 0.2) is 0 Å². The highest BCUT2D eigenvalue weighted by Gasteiger charge is 2.41. The molecule has 1 fully saturated rings. The molecule has 1 amide bonds. The van der Waals surface area contributed by atoms with E-state index in [0.29, 0.717) is 6.42 Å². The number of rotatable bonds is 5. The van der Waals surface area contributed by atoms with Crippen LogP contribution in [-0.4, -0.2) is 59.1 Å². The molecule has 1 unspecified atom stereocenters. The first-order valence-electron chi connectivity index (χ1n) is 6.76. The quantitative estimate of drug-likeness (QED) is 0.658. The van der Waals surface area contributed by atoms with Crippen molar-refractivity contribution in [3.63, 3.8) is 0 Å². The first-order valence-corrected chi connectivity index (χ1v) is 6.76. The van der Waals surface area contributed by atoms with Gasteiger partial charge in [-0.25, -0.2) is 4.79 Å². The predicted molar refractivity (Wildman–Crippen MR) is 73.0 cm³/mol. The Bertz CT molecular complexity index is 351. The highest BCUT2D eigenvalue weighted by molar-refractivity contribution is 5.91. The average Bonchev–Trinajstić information content (AvgIpc) is 2.39. The number of carboxylic acids is 1. The second-order valence-electron chi connectivity index (χ2n) is 5.74. The number of aliphatic carboxylic acids is 1. The second kappa shape index (κ2) is 5.88. The van der Waals surface area contributed by atoms with Crippen molar-refractivity contribution in [2.24, 2.45) is 0 Å². The van der Waals surface area contributed by atoms with Crippen molar-refractivity contribution in [3.05, 3.63) is 0 Å². The van der Waals surface area contributed by atoms with E-state index in [-0.39, 0.29) is 5.91 Å². The third-order valence-corrected chi connectivity index (χ3v) is 4.03. The zero-order chi connectivity index (χ0) is 14.7. The second-order valence-corrected chi connectivity index (χ2v) is 5.74. The molecule has 0 aliphatic carbocycles. The van der Waals surface area contributed by atoms with E-state index in [9.17, 15) is 14.7 Å². The lowest BCUT2D eigenvalue weighted by Gasteiger charge is -2.41. The summed E-state index contributed by atoms with van der Waals surface area (Å²) < 4.78 is 0. The number of carboxylic acid groups (broad SMARTS) is 1. The van der Waals surface area contributed by atoms with E-state index >= 15 is 0 Å². The highest BCUT2D eigenvalue weighted by Crippen LogP contribution is 2.18.